The van der Waals surface area contributed by atoms with Crippen LogP contribution in [0.4, 0.5) is 0 Å². The van der Waals surface area contributed by atoms with Crippen molar-refractivity contribution in [3.8, 4) is 0 Å². The fraction of sp³-hybridized carbons (Fsp3) is 1.00. The molecule has 0 spiro atoms. The second kappa shape index (κ2) is 28.2. The maximum Gasteiger partial charge on any atom is -0.00179 e. The molecule has 0 rings (SSSR count). The lowest BCUT2D eigenvalue weighted by molar-refractivity contribution is 0.834. The van der Waals surface area contributed by atoms with Crippen LogP contribution in [0.2, 0.25) is 0 Å². The summed E-state index contributed by atoms with van der Waals surface area (Å²) in [7, 11) is 0. The molecule has 0 unspecified atom stereocenters. The third kappa shape index (κ3) is 91600. The molecule has 0 amide bonds. The molecule has 1 heteroatoms. The monoisotopic (exact) mass is 119 g/mol. The summed E-state index contributed by atoms with van der Waals surface area (Å²) >= 11 is 0. The van der Waals surface area contributed by atoms with Gasteiger partial charge in [0.1, 0.15) is 0 Å². The first-order valence-corrected chi connectivity index (χ1v) is 3.49. The van der Waals surface area contributed by atoms with Gasteiger partial charge in [-0.3, -0.25) is 0 Å². The molecule has 0 saturated heterocycles. The van der Waals surface area contributed by atoms with Gasteiger partial charge in [0.15, 0.2) is 0 Å². The van der Waals surface area contributed by atoms with Crippen molar-refractivity contribution in [2.45, 2.75) is 47.6 Å². The van der Waals surface area contributed by atoms with Gasteiger partial charge in [-0.05, 0) is 6.04 Å². The van der Waals surface area contributed by atoms with Gasteiger partial charge in [-0.2, -0.15) is 0 Å². The molecule has 0 aliphatic carbocycles. The Morgan fingerprint density at radius 1 is 0.875 bits per heavy atom. The predicted octanol–water partition coefficient (Wildman–Crippen LogP) is 2.41. The Hall–Kier alpha value is -0.0400. The fourth-order valence-corrected chi connectivity index (χ4v) is 0. The number of rotatable bonds is 0. The van der Waals surface area contributed by atoms with Crippen LogP contribution in [0.5, 0.6) is 0 Å². The van der Waals surface area contributed by atoms with Crippen LogP contribution in [0, 0.1) is 0 Å². The van der Waals surface area contributed by atoms with Crippen LogP contribution in [-0.2, 0) is 0 Å². The molecule has 0 aliphatic heterocycles. The summed E-state index contributed by atoms with van der Waals surface area (Å²) in [6.07, 6.45) is 0. The highest BCUT2D eigenvalue weighted by atomic mass is 14.6. The Labute approximate surface area is 54.3 Å². The van der Waals surface area contributed by atoms with Crippen LogP contribution in [0.3, 0.4) is 0 Å². The highest BCUT2D eigenvalue weighted by Gasteiger charge is 1.67. The van der Waals surface area contributed by atoms with Crippen molar-refractivity contribution in [3.63, 3.8) is 0 Å². The molecule has 0 aromatic heterocycles. The lowest BCUT2D eigenvalue weighted by Crippen LogP contribution is -2.06. The first kappa shape index (κ1) is 15.7. The van der Waals surface area contributed by atoms with Crippen LogP contribution in [0.1, 0.15) is 41.5 Å². The SMILES string of the molecule is CC.CC.CC(C)N. The van der Waals surface area contributed by atoms with Gasteiger partial charge in [0.25, 0.3) is 0 Å². The van der Waals surface area contributed by atoms with Crippen LogP contribution < -0.4 is 5.73 Å². The van der Waals surface area contributed by atoms with E-state index in [0.717, 1.165) is 0 Å². The van der Waals surface area contributed by atoms with Crippen molar-refractivity contribution in [1.29, 1.82) is 0 Å². The minimum Gasteiger partial charge on any atom is -0.328 e. The van der Waals surface area contributed by atoms with E-state index in [0.29, 0.717) is 6.04 Å². The molecule has 0 radical (unpaired) electrons. The summed E-state index contributed by atoms with van der Waals surface area (Å²) in [5.74, 6) is 0. The van der Waals surface area contributed by atoms with Crippen molar-refractivity contribution >= 4 is 0 Å². The van der Waals surface area contributed by atoms with E-state index >= 15 is 0 Å². The van der Waals surface area contributed by atoms with Crippen LogP contribution in [0.25, 0.3) is 0 Å². The molecule has 0 fully saturated rings. The molecule has 0 atom stereocenters. The van der Waals surface area contributed by atoms with Crippen molar-refractivity contribution in [3.05, 3.63) is 0 Å². The third-order valence-electron chi connectivity index (χ3n) is 0. The van der Waals surface area contributed by atoms with Crippen molar-refractivity contribution < 1.29 is 0 Å². The van der Waals surface area contributed by atoms with Gasteiger partial charge in [-0.1, -0.05) is 41.5 Å². The first-order chi connectivity index (χ1) is 3.73. The average Bonchev–Trinajstić information content (AvgIpc) is 1.75. The topological polar surface area (TPSA) is 26.0 Å². The van der Waals surface area contributed by atoms with Crippen molar-refractivity contribution in [1.82, 2.24) is 0 Å². The third-order valence-corrected chi connectivity index (χ3v) is 0. The first-order valence-electron chi connectivity index (χ1n) is 3.49. The zero-order chi connectivity index (χ0) is 7.58. The number of hydrogen-bond donors (Lipinski definition) is 1. The second-order valence-electron chi connectivity index (χ2n) is 1.24. The van der Waals surface area contributed by atoms with Gasteiger partial charge in [0.2, 0.25) is 0 Å². The van der Waals surface area contributed by atoms with E-state index in [-0.39, 0.29) is 0 Å². The Morgan fingerprint density at radius 2 is 0.875 bits per heavy atom. The maximum atomic E-state index is 5.11. The molecule has 0 heterocycles. The maximum absolute atomic E-state index is 5.11. The largest absolute Gasteiger partial charge is 0.328 e. The van der Waals surface area contributed by atoms with Gasteiger partial charge in [-0.25, -0.2) is 0 Å². The minimum absolute atomic E-state index is 0.333. The van der Waals surface area contributed by atoms with E-state index in [4.69, 9.17) is 5.73 Å². The zero-order valence-electron chi connectivity index (χ0n) is 7.15. The lowest BCUT2D eigenvalue weighted by atomic mass is 10.5. The molecule has 0 aliphatic rings. The molecule has 1 nitrogen and oxygen atoms in total. The van der Waals surface area contributed by atoms with E-state index in [2.05, 4.69) is 0 Å². The number of nitrogens with two attached hydrogens (primary N) is 1. The molecular weight excluding hydrogens is 98.1 g/mol. The fourth-order valence-electron chi connectivity index (χ4n) is 0. The lowest BCUT2D eigenvalue weighted by Gasteiger charge is -1.81. The molecule has 0 bridgehead atoms. The van der Waals surface area contributed by atoms with Crippen LogP contribution >= 0.6 is 0 Å². The Balaban J connectivity index is -0.0000000542. The highest BCUT2D eigenvalue weighted by Crippen LogP contribution is 1.58. The summed E-state index contributed by atoms with van der Waals surface area (Å²) in [5, 5.41) is 0. The minimum atomic E-state index is 0.333. The van der Waals surface area contributed by atoms with Crippen molar-refractivity contribution in [2.24, 2.45) is 5.73 Å². The zero-order valence-corrected chi connectivity index (χ0v) is 7.15. The van der Waals surface area contributed by atoms with Gasteiger partial charge in [0.05, 0.1) is 0 Å². The normalized spacial score (nSPS) is 6.00. The Bertz CT molecular complexity index is 9.10. The van der Waals surface area contributed by atoms with Crippen LogP contribution in [-0.4, -0.2) is 6.04 Å². The van der Waals surface area contributed by atoms with E-state index in [1.54, 1.807) is 0 Å². The molecule has 8 heavy (non-hydrogen) atoms. The Kier molecular flexibility index (Phi) is 55.3. The van der Waals surface area contributed by atoms with Gasteiger partial charge < -0.3 is 5.73 Å². The number of hydrogen-bond acceptors (Lipinski definition) is 1. The van der Waals surface area contributed by atoms with Gasteiger partial charge in [-0.15, -0.1) is 0 Å². The van der Waals surface area contributed by atoms with Gasteiger partial charge in [0, 0.05) is 0 Å². The summed E-state index contributed by atoms with van der Waals surface area (Å²) in [6, 6.07) is 0.333. The Morgan fingerprint density at radius 3 is 0.875 bits per heavy atom. The standard InChI is InChI=1S/C3H9N.2C2H6/c1-3(2)4;2*1-2/h3H,4H2,1-2H3;2*1-2H3. The summed E-state index contributed by atoms with van der Waals surface area (Å²) < 4.78 is 0. The quantitative estimate of drug-likeness (QED) is 0.520. The summed E-state index contributed by atoms with van der Waals surface area (Å²) in [4.78, 5) is 0. The van der Waals surface area contributed by atoms with E-state index < -0.39 is 0 Å². The highest BCUT2D eigenvalue weighted by molar-refractivity contribution is 4.32. The smallest absolute Gasteiger partial charge is 0.00179 e. The molecule has 2 N–H and O–H groups in total. The van der Waals surface area contributed by atoms with E-state index in [9.17, 15) is 0 Å². The summed E-state index contributed by atoms with van der Waals surface area (Å²) in [6.45, 7) is 11.9. The van der Waals surface area contributed by atoms with Crippen LogP contribution in [0.15, 0.2) is 0 Å². The summed E-state index contributed by atoms with van der Waals surface area (Å²) in [5.41, 5.74) is 5.11. The van der Waals surface area contributed by atoms with Crippen molar-refractivity contribution in [2.75, 3.05) is 0 Å². The molecule has 54 valence electrons. The van der Waals surface area contributed by atoms with E-state index in [1.807, 2.05) is 41.5 Å². The van der Waals surface area contributed by atoms with Gasteiger partial charge >= 0.3 is 0 Å². The molecule has 0 aromatic rings. The predicted molar refractivity (Wildman–Crippen MR) is 42.0 cm³/mol. The van der Waals surface area contributed by atoms with E-state index in [1.165, 1.54) is 0 Å². The average molecular weight is 119 g/mol. The molecular formula is C7H21N. The second-order valence-corrected chi connectivity index (χ2v) is 1.24. The molecule has 0 aromatic carbocycles. The molecule has 0 saturated carbocycles.